The second-order valence-electron chi connectivity index (χ2n) is 5.73. The van der Waals surface area contributed by atoms with Crippen LogP contribution in [0.3, 0.4) is 0 Å². The average molecular weight is 310 g/mol. The molecule has 4 nitrogen and oxygen atoms in total. The Balaban J connectivity index is 1.43. The molecule has 2 aliphatic heterocycles. The van der Waals surface area contributed by atoms with Gasteiger partial charge in [0.1, 0.15) is 18.0 Å². The number of cyclic esters (lactones) is 1. The van der Waals surface area contributed by atoms with Gasteiger partial charge >= 0.3 is 5.97 Å². The molecule has 2 fully saturated rings. The maximum Gasteiger partial charge on any atom is 0.306 e. The van der Waals surface area contributed by atoms with Crippen LogP contribution in [-0.4, -0.2) is 42.7 Å². The minimum atomic E-state index is -0.0563. The number of halogens is 1. The highest BCUT2D eigenvalue weighted by molar-refractivity contribution is 6.30. The molecule has 0 amide bonds. The molecule has 1 atom stereocenters. The van der Waals surface area contributed by atoms with Crippen LogP contribution in [0.15, 0.2) is 24.3 Å². The molecule has 0 bridgehead atoms. The van der Waals surface area contributed by atoms with E-state index >= 15 is 0 Å². The van der Waals surface area contributed by atoms with Gasteiger partial charge in [-0.3, -0.25) is 9.69 Å². The highest BCUT2D eigenvalue weighted by Crippen LogP contribution is 2.23. The molecule has 5 heteroatoms. The van der Waals surface area contributed by atoms with E-state index in [0.717, 1.165) is 44.6 Å². The first kappa shape index (κ1) is 14.7. The Kier molecular flexibility index (Phi) is 4.66. The van der Waals surface area contributed by atoms with Crippen molar-refractivity contribution >= 4 is 17.6 Å². The number of esters is 1. The van der Waals surface area contributed by atoms with Gasteiger partial charge in [0.2, 0.25) is 0 Å². The summed E-state index contributed by atoms with van der Waals surface area (Å²) < 4.78 is 11.2. The molecule has 21 heavy (non-hydrogen) atoms. The van der Waals surface area contributed by atoms with Gasteiger partial charge in [0.25, 0.3) is 0 Å². The summed E-state index contributed by atoms with van der Waals surface area (Å²) in [5.41, 5.74) is 0. The van der Waals surface area contributed by atoms with Gasteiger partial charge in [-0.25, -0.2) is 0 Å². The van der Waals surface area contributed by atoms with Crippen molar-refractivity contribution in [3.05, 3.63) is 29.3 Å². The molecule has 0 unspecified atom stereocenters. The molecule has 2 aliphatic rings. The summed E-state index contributed by atoms with van der Waals surface area (Å²) in [5, 5.41) is 0.702. The summed E-state index contributed by atoms with van der Waals surface area (Å²) in [6, 6.07) is 7.54. The second-order valence-corrected chi connectivity index (χ2v) is 6.16. The molecule has 1 aromatic rings. The van der Waals surface area contributed by atoms with Crippen molar-refractivity contribution in [2.75, 3.05) is 19.6 Å². The van der Waals surface area contributed by atoms with Gasteiger partial charge in [0.05, 0.1) is 0 Å². The van der Waals surface area contributed by atoms with Crippen molar-refractivity contribution in [1.29, 1.82) is 0 Å². The van der Waals surface area contributed by atoms with Gasteiger partial charge in [0, 0.05) is 31.1 Å². The topological polar surface area (TPSA) is 38.8 Å². The largest absolute Gasteiger partial charge is 0.490 e. The summed E-state index contributed by atoms with van der Waals surface area (Å²) in [4.78, 5) is 13.5. The van der Waals surface area contributed by atoms with Crippen LogP contribution in [0.4, 0.5) is 0 Å². The SMILES string of the molecule is O=C1CC[C@@H](CN2CCC(Oc3cccc(Cl)c3)CC2)O1. The number of ether oxygens (including phenoxy) is 2. The number of hydrogen-bond acceptors (Lipinski definition) is 4. The number of rotatable bonds is 4. The van der Waals surface area contributed by atoms with Gasteiger partial charge < -0.3 is 9.47 Å². The van der Waals surface area contributed by atoms with Gasteiger partial charge in [-0.15, -0.1) is 0 Å². The Morgan fingerprint density at radius 3 is 2.76 bits per heavy atom. The maximum absolute atomic E-state index is 11.1. The first-order valence-electron chi connectivity index (χ1n) is 7.53. The third-order valence-corrected chi connectivity index (χ3v) is 4.30. The molecule has 2 saturated heterocycles. The Hall–Kier alpha value is -1.26. The van der Waals surface area contributed by atoms with Gasteiger partial charge in [-0.2, -0.15) is 0 Å². The van der Waals surface area contributed by atoms with Gasteiger partial charge in [-0.05, 0) is 37.5 Å². The van der Waals surface area contributed by atoms with Crippen LogP contribution in [0.1, 0.15) is 25.7 Å². The summed E-state index contributed by atoms with van der Waals surface area (Å²) >= 11 is 5.96. The Morgan fingerprint density at radius 2 is 2.10 bits per heavy atom. The second kappa shape index (κ2) is 6.67. The zero-order valence-electron chi connectivity index (χ0n) is 12.0. The lowest BCUT2D eigenvalue weighted by molar-refractivity contribution is -0.142. The quantitative estimate of drug-likeness (QED) is 0.802. The number of piperidine rings is 1. The fraction of sp³-hybridized carbons (Fsp3) is 0.562. The third-order valence-electron chi connectivity index (χ3n) is 4.06. The normalized spacial score (nSPS) is 24.0. The predicted molar refractivity (Wildman–Crippen MR) is 80.7 cm³/mol. The molecule has 0 spiro atoms. The molecule has 2 heterocycles. The van der Waals surface area contributed by atoms with Crippen molar-refractivity contribution in [2.45, 2.75) is 37.9 Å². The molecule has 0 N–H and O–H groups in total. The van der Waals surface area contributed by atoms with E-state index in [0.29, 0.717) is 11.4 Å². The summed E-state index contributed by atoms with van der Waals surface area (Å²) in [6.07, 6.45) is 3.74. The van der Waals surface area contributed by atoms with Crippen LogP contribution in [0, 0.1) is 0 Å². The lowest BCUT2D eigenvalue weighted by atomic mass is 10.1. The van der Waals surface area contributed by atoms with E-state index < -0.39 is 0 Å². The van der Waals surface area contributed by atoms with E-state index in [2.05, 4.69) is 4.90 Å². The van der Waals surface area contributed by atoms with Crippen LogP contribution in [-0.2, 0) is 9.53 Å². The third kappa shape index (κ3) is 4.11. The summed E-state index contributed by atoms with van der Waals surface area (Å²) in [6.45, 7) is 2.83. The van der Waals surface area contributed by atoms with E-state index in [-0.39, 0.29) is 18.2 Å². The molecule has 0 aliphatic carbocycles. The number of carbonyl (C=O) groups is 1. The van der Waals surface area contributed by atoms with Crippen molar-refractivity contribution in [3.63, 3.8) is 0 Å². The van der Waals surface area contributed by atoms with Crippen LogP contribution >= 0.6 is 11.6 Å². The molecule has 3 rings (SSSR count). The van der Waals surface area contributed by atoms with Crippen molar-refractivity contribution in [2.24, 2.45) is 0 Å². The molecular formula is C16H20ClNO3. The van der Waals surface area contributed by atoms with Crippen molar-refractivity contribution in [1.82, 2.24) is 4.90 Å². The van der Waals surface area contributed by atoms with Crippen molar-refractivity contribution < 1.29 is 14.3 Å². The molecule has 1 aromatic carbocycles. The number of nitrogens with zero attached hydrogens (tertiary/aromatic N) is 1. The fourth-order valence-electron chi connectivity index (χ4n) is 2.94. The zero-order valence-corrected chi connectivity index (χ0v) is 12.7. The Bertz CT molecular complexity index is 500. The van der Waals surface area contributed by atoms with E-state index in [4.69, 9.17) is 21.1 Å². The first-order chi connectivity index (χ1) is 10.2. The number of hydrogen-bond donors (Lipinski definition) is 0. The number of likely N-dealkylation sites (tertiary alicyclic amines) is 1. The van der Waals surface area contributed by atoms with E-state index in [1.54, 1.807) is 0 Å². The van der Waals surface area contributed by atoms with Crippen LogP contribution in [0.2, 0.25) is 5.02 Å². The molecular weight excluding hydrogens is 290 g/mol. The highest BCUT2D eigenvalue weighted by atomic mass is 35.5. The monoisotopic (exact) mass is 309 g/mol. The molecule has 0 aromatic heterocycles. The summed E-state index contributed by atoms with van der Waals surface area (Å²) in [5.74, 6) is 0.782. The van der Waals surface area contributed by atoms with Crippen molar-refractivity contribution in [3.8, 4) is 5.75 Å². The zero-order chi connectivity index (χ0) is 14.7. The van der Waals surface area contributed by atoms with Crippen LogP contribution < -0.4 is 4.74 Å². The average Bonchev–Trinajstić information content (AvgIpc) is 2.86. The standard InChI is InChI=1S/C16H20ClNO3/c17-12-2-1-3-14(10-12)20-13-6-8-18(9-7-13)11-15-4-5-16(19)21-15/h1-3,10,13,15H,4-9,11H2/t15-/m0/s1. The predicted octanol–water partition coefficient (Wildman–Crippen LogP) is 2.89. The minimum absolute atomic E-state index is 0.0563. The first-order valence-corrected chi connectivity index (χ1v) is 7.91. The lowest BCUT2D eigenvalue weighted by Crippen LogP contribution is -2.41. The number of carbonyl (C=O) groups excluding carboxylic acids is 1. The molecule has 114 valence electrons. The smallest absolute Gasteiger partial charge is 0.306 e. The highest BCUT2D eigenvalue weighted by Gasteiger charge is 2.28. The molecule has 0 saturated carbocycles. The summed E-state index contributed by atoms with van der Waals surface area (Å²) in [7, 11) is 0. The van der Waals surface area contributed by atoms with E-state index in [1.807, 2.05) is 24.3 Å². The maximum atomic E-state index is 11.1. The van der Waals surface area contributed by atoms with Gasteiger partial charge in [0.15, 0.2) is 0 Å². The number of benzene rings is 1. The Labute approximate surface area is 130 Å². The Morgan fingerprint density at radius 1 is 1.29 bits per heavy atom. The van der Waals surface area contributed by atoms with E-state index in [9.17, 15) is 4.79 Å². The van der Waals surface area contributed by atoms with Crippen LogP contribution in [0.25, 0.3) is 0 Å². The van der Waals surface area contributed by atoms with E-state index in [1.165, 1.54) is 0 Å². The van der Waals surface area contributed by atoms with Crippen LogP contribution in [0.5, 0.6) is 5.75 Å². The fourth-order valence-corrected chi connectivity index (χ4v) is 3.12. The molecule has 0 radical (unpaired) electrons. The van der Waals surface area contributed by atoms with Gasteiger partial charge in [-0.1, -0.05) is 17.7 Å². The minimum Gasteiger partial charge on any atom is -0.490 e. The lowest BCUT2D eigenvalue weighted by Gasteiger charge is -2.33.